The first-order chi connectivity index (χ1) is 10.7. The zero-order valence-electron chi connectivity index (χ0n) is 12.5. The van der Waals surface area contributed by atoms with Crippen molar-refractivity contribution in [3.05, 3.63) is 35.9 Å². The van der Waals surface area contributed by atoms with E-state index in [1.807, 2.05) is 35.2 Å². The zero-order valence-corrected chi connectivity index (χ0v) is 12.5. The van der Waals surface area contributed by atoms with E-state index in [1.54, 1.807) is 5.06 Å². The molecule has 2 saturated heterocycles. The standard InChI is InChI=1S/C17H20N2O3/c20-13-7-4-8-14-15(13)16-17(21)18(9-10-19(16)22-14)11-12-5-2-1-3-6-12/h1-3,5-6,14-16H,4,7-11H2/t14-,15+,16+/m1/s1. The lowest BCUT2D eigenvalue weighted by molar-refractivity contribution is -0.190. The lowest BCUT2D eigenvalue weighted by Crippen LogP contribution is -2.56. The third kappa shape index (κ3) is 2.25. The number of hydrogen-bond donors (Lipinski definition) is 0. The molecule has 0 bridgehead atoms. The molecule has 1 aromatic rings. The van der Waals surface area contributed by atoms with Crippen molar-refractivity contribution in [3.8, 4) is 0 Å². The fourth-order valence-electron chi connectivity index (χ4n) is 3.89. The normalized spacial score (nSPS) is 32.0. The largest absolute Gasteiger partial charge is 0.336 e. The molecule has 1 aromatic carbocycles. The molecule has 0 spiro atoms. The Morgan fingerprint density at radius 2 is 1.95 bits per heavy atom. The number of piperazine rings is 1. The first-order valence-electron chi connectivity index (χ1n) is 8.03. The van der Waals surface area contributed by atoms with E-state index in [2.05, 4.69) is 0 Å². The number of carbonyl (C=O) groups is 2. The number of ketones is 1. The van der Waals surface area contributed by atoms with Crippen LogP contribution in [0.25, 0.3) is 0 Å². The van der Waals surface area contributed by atoms with Gasteiger partial charge in [0.2, 0.25) is 5.91 Å². The number of fused-ring (bicyclic) bond motifs is 3. The van der Waals surface area contributed by atoms with Crippen LogP contribution < -0.4 is 0 Å². The monoisotopic (exact) mass is 300 g/mol. The van der Waals surface area contributed by atoms with Crippen molar-refractivity contribution >= 4 is 11.7 Å². The Morgan fingerprint density at radius 1 is 1.14 bits per heavy atom. The van der Waals surface area contributed by atoms with Crippen LogP contribution in [0.15, 0.2) is 30.3 Å². The molecule has 1 saturated carbocycles. The molecule has 2 aliphatic heterocycles. The second kappa shape index (κ2) is 5.48. The molecule has 22 heavy (non-hydrogen) atoms. The Bertz CT molecular complexity index is 589. The molecule has 0 aromatic heterocycles. The molecule has 1 aliphatic carbocycles. The first kappa shape index (κ1) is 13.9. The Labute approximate surface area is 129 Å². The van der Waals surface area contributed by atoms with Gasteiger partial charge in [0.05, 0.1) is 12.0 Å². The highest BCUT2D eigenvalue weighted by Gasteiger charge is 2.54. The Morgan fingerprint density at radius 3 is 2.77 bits per heavy atom. The number of hydrogen-bond acceptors (Lipinski definition) is 4. The van der Waals surface area contributed by atoms with E-state index >= 15 is 0 Å². The maximum atomic E-state index is 12.9. The Kier molecular flexibility index (Phi) is 3.47. The van der Waals surface area contributed by atoms with Gasteiger partial charge >= 0.3 is 0 Å². The Hall–Kier alpha value is -1.72. The third-order valence-corrected chi connectivity index (χ3v) is 4.98. The molecule has 0 N–H and O–H groups in total. The average molecular weight is 300 g/mol. The highest BCUT2D eigenvalue weighted by Crippen LogP contribution is 2.38. The molecule has 3 fully saturated rings. The van der Waals surface area contributed by atoms with E-state index in [-0.39, 0.29) is 23.7 Å². The molecule has 5 nitrogen and oxygen atoms in total. The van der Waals surface area contributed by atoms with Crippen molar-refractivity contribution < 1.29 is 14.4 Å². The number of rotatable bonds is 2. The lowest BCUT2D eigenvalue weighted by Gasteiger charge is -2.36. The molecular weight excluding hydrogens is 280 g/mol. The summed E-state index contributed by atoms with van der Waals surface area (Å²) in [6.45, 7) is 1.94. The van der Waals surface area contributed by atoms with Crippen LogP contribution in [0.1, 0.15) is 24.8 Å². The molecule has 5 heteroatoms. The van der Waals surface area contributed by atoms with Crippen LogP contribution in [0, 0.1) is 5.92 Å². The summed E-state index contributed by atoms with van der Waals surface area (Å²) in [4.78, 5) is 32.9. The summed E-state index contributed by atoms with van der Waals surface area (Å²) in [7, 11) is 0. The van der Waals surface area contributed by atoms with Gasteiger partial charge in [0.1, 0.15) is 11.8 Å². The van der Waals surface area contributed by atoms with Crippen molar-refractivity contribution in [1.82, 2.24) is 9.96 Å². The topological polar surface area (TPSA) is 49.9 Å². The number of Topliss-reactive ketones (excluding diaryl/α,β-unsaturated/α-hetero) is 1. The molecule has 2 heterocycles. The van der Waals surface area contributed by atoms with E-state index in [0.717, 1.165) is 18.4 Å². The van der Waals surface area contributed by atoms with Crippen molar-refractivity contribution in [3.63, 3.8) is 0 Å². The fraction of sp³-hybridized carbons (Fsp3) is 0.529. The maximum Gasteiger partial charge on any atom is 0.243 e. The van der Waals surface area contributed by atoms with Crippen molar-refractivity contribution in [1.29, 1.82) is 0 Å². The number of hydroxylamine groups is 2. The summed E-state index contributed by atoms with van der Waals surface area (Å²) in [5.74, 6) is -0.0312. The van der Waals surface area contributed by atoms with Crippen LogP contribution in [-0.4, -0.2) is 46.9 Å². The van der Waals surface area contributed by atoms with Gasteiger partial charge in [0.15, 0.2) is 0 Å². The average Bonchev–Trinajstić information content (AvgIpc) is 2.92. The molecule has 1 amide bonds. The van der Waals surface area contributed by atoms with E-state index in [9.17, 15) is 9.59 Å². The summed E-state index contributed by atoms with van der Waals surface area (Å²) < 4.78 is 0. The second-order valence-electron chi connectivity index (χ2n) is 6.36. The van der Waals surface area contributed by atoms with Gasteiger partial charge in [-0.2, -0.15) is 5.06 Å². The smallest absolute Gasteiger partial charge is 0.243 e. The van der Waals surface area contributed by atoms with Crippen LogP contribution in [0.2, 0.25) is 0 Å². The fourth-order valence-corrected chi connectivity index (χ4v) is 3.89. The number of amides is 1. The molecule has 116 valence electrons. The van der Waals surface area contributed by atoms with Gasteiger partial charge in [-0.1, -0.05) is 30.3 Å². The van der Waals surface area contributed by atoms with Crippen LogP contribution in [0.3, 0.4) is 0 Å². The number of nitrogens with zero attached hydrogens (tertiary/aromatic N) is 2. The minimum absolute atomic E-state index is 0.0397. The van der Waals surface area contributed by atoms with Gasteiger partial charge in [0.25, 0.3) is 0 Å². The summed E-state index contributed by atoms with van der Waals surface area (Å²) in [5, 5.41) is 1.77. The van der Waals surface area contributed by atoms with Crippen molar-refractivity contribution in [2.24, 2.45) is 5.92 Å². The van der Waals surface area contributed by atoms with Crippen LogP contribution >= 0.6 is 0 Å². The van der Waals surface area contributed by atoms with E-state index in [1.165, 1.54) is 0 Å². The SMILES string of the molecule is O=C1CCC[C@H]2ON3CCN(Cc4ccccc4)C(=O)[C@@H]3[C@@H]12. The van der Waals surface area contributed by atoms with Gasteiger partial charge in [-0.15, -0.1) is 0 Å². The molecule has 3 aliphatic rings. The number of carbonyl (C=O) groups excluding carboxylic acids is 2. The quantitative estimate of drug-likeness (QED) is 0.828. The highest BCUT2D eigenvalue weighted by molar-refractivity contribution is 5.92. The molecule has 3 atom stereocenters. The van der Waals surface area contributed by atoms with Crippen LogP contribution in [-0.2, 0) is 21.0 Å². The minimum atomic E-state index is -0.407. The van der Waals surface area contributed by atoms with Crippen molar-refractivity contribution in [2.75, 3.05) is 13.1 Å². The van der Waals surface area contributed by atoms with Gasteiger partial charge < -0.3 is 4.90 Å². The lowest BCUT2D eigenvalue weighted by atomic mass is 9.80. The third-order valence-electron chi connectivity index (χ3n) is 4.98. The van der Waals surface area contributed by atoms with Crippen LogP contribution in [0.5, 0.6) is 0 Å². The number of benzene rings is 1. The predicted molar refractivity (Wildman–Crippen MR) is 79.6 cm³/mol. The van der Waals surface area contributed by atoms with Gasteiger partial charge in [-0.05, 0) is 18.4 Å². The van der Waals surface area contributed by atoms with E-state index in [0.29, 0.717) is 26.1 Å². The predicted octanol–water partition coefficient (Wildman–Crippen LogP) is 1.38. The van der Waals surface area contributed by atoms with Gasteiger partial charge in [-0.3, -0.25) is 14.4 Å². The van der Waals surface area contributed by atoms with Gasteiger partial charge in [0, 0.05) is 26.1 Å². The summed E-state index contributed by atoms with van der Waals surface area (Å²) in [5.41, 5.74) is 1.12. The molecule has 0 unspecified atom stereocenters. The summed E-state index contributed by atoms with van der Waals surface area (Å²) in [6, 6.07) is 9.58. The Balaban J connectivity index is 1.54. The van der Waals surface area contributed by atoms with E-state index < -0.39 is 6.04 Å². The highest BCUT2D eigenvalue weighted by atomic mass is 16.7. The van der Waals surface area contributed by atoms with E-state index in [4.69, 9.17) is 4.84 Å². The first-order valence-corrected chi connectivity index (χ1v) is 8.03. The molecular formula is C17H20N2O3. The van der Waals surface area contributed by atoms with Crippen LogP contribution in [0.4, 0.5) is 0 Å². The summed E-state index contributed by atoms with van der Waals surface area (Å²) >= 11 is 0. The second-order valence-corrected chi connectivity index (χ2v) is 6.36. The summed E-state index contributed by atoms with van der Waals surface area (Å²) in [6.07, 6.45) is 2.26. The minimum Gasteiger partial charge on any atom is -0.336 e. The van der Waals surface area contributed by atoms with Gasteiger partial charge in [-0.25, -0.2) is 0 Å². The zero-order chi connectivity index (χ0) is 15.1. The maximum absolute atomic E-state index is 12.9. The molecule has 4 rings (SSSR count). The van der Waals surface area contributed by atoms with Crippen molar-refractivity contribution in [2.45, 2.75) is 38.0 Å². The molecule has 0 radical (unpaired) electrons.